The van der Waals surface area contributed by atoms with Crippen LogP contribution in [0.25, 0.3) is 0 Å². The van der Waals surface area contributed by atoms with E-state index in [-0.39, 0.29) is 11.0 Å². The van der Waals surface area contributed by atoms with E-state index in [0.717, 1.165) is 35.9 Å². The van der Waals surface area contributed by atoms with Crippen molar-refractivity contribution in [1.29, 1.82) is 0 Å². The van der Waals surface area contributed by atoms with Gasteiger partial charge in [0.2, 0.25) is 5.95 Å². The van der Waals surface area contributed by atoms with Crippen LogP contribution in [0.4, 0.5) is 5.95 Å². The highest BCUT2D eigenvalue weighted by molar-refractivity contribution is 8.00. The molecule has 2 aromatic rings. The molecule has 28 heavy (non-hydrogen) atoms. The number of nitrogens with zero attached hydrogens (tertiary/aromatic N) is 4. The zero-order chi connectivity index (χ0) is 19.7. The molecule has 150 valence electrons. The van der Waals surface area contributed by atoms with Gasteiger partial charge in [-0.2, -0.15) is 0 Å². The van der Waals surface area contributed by atoms with E-state index in [1.54, 1.807) is 7.11 Å². The van der Waals surface area contributed by atoms with Gasteiger partial charge in [-0.3, -0.25) is 9.36 Å². The second kappa shape index (κ2) is 8.15. The molecule has 1 aliphatic carbocycles. The molecule has 1 saturated heterocycles. The molecule has 0 amide bonds. The topological polar surface area (TPSA) is 60.2 Å². The molecule has 0 spiro atoms. The lowest BCUT2D eigenvalue weighted by molar-refractivity contribution is 0.0994. The minimum absolute atomic E-state index is 0.103. The third kappa shape index (κ3) is 4.04. The van der Waals surface area contributed by atoms with Gasteiger partial charge in [0.25, 0.3) is 0 Å². The van der Waals surface area contributed by atoms with Crippen molar-refractivity contribution in [3.8, 4) is 5.75 Å². The summed E-state index contributed by atoms with van der Waals surface area (Å²) in [7, 11) is 1.63. The largest absolute Gasteiger partial charge is 0.497 e. The maximum Gasteiger partial charge on any atom is 0.228 e. The van der Waals surface area contributed by atoms with Crippen LogP contribution in [-0.2, 0) is 0 Å². The number of hydrogen-bond acceptors (Lipinski definition) is 6. The van der Waals surface area contributed by atoms with Gasteiger partial charge in [-0.25, -0.2) is 0 Å². The lowest BCUT2D eigenvalue weighted by Gasteiger charge is -2.31. The first-order valence-electron chi connectivity index (χ1n) is 10.1. The number of benzene rings is 1. The highest BCUT2D eigenvalue weighted by Crippen LogP contribution is 2.42. The minimum atomic E-state index is -0.218. The van der Waals surface area contributed by atoms with E-state index in [0.29, 0.717) is 11.6 Å². The number of anilines is 1. The number of ether oxygens (including phenoxy) is 1. The summed E-state index contributed by atoms with van der Waals surface area (Å²) < 4.78 is 7.45. The highest BCUT2D eigenvalue weighted by atomic mass is 32.2. The van der Waals surface area contributed by atoms with Crippen LogP contribution in [0.2, 0.25) is 0 Å². The Bertz CT molecular complexity index is 823. The number of hydrogen-bond donors (Lipinski definition) is 0. The Labute approximate surface area is 170 Å². The molecule has 1 unspecified atom stereocenters. The summed E-state index contributed by atoms with van der Waals surface area (Å²) in [6.45, 7) is 6.34. The highest BCUT2D eigenvalue weighted by Gasteiger charge is 2.33. The smallest absolute Gasteiger partial charge is 0.228 e. The van der Waals surface area contributed by atoms with Crippen molar-refractivity contribution in [3.63, 3.8) is 0 Å². The zero-order valence-corrected chi connectivity index (χ0v) is 17.6. The molecule has 2 heterocycles. The first-order chi connectivity index (χ1) is 13.6. The van der Waals surface area contributed by atoms with Crippen molar-refractivity contribution in [2.24, 2.45) is 5.92 Å². The molecule has 1 aliphatic heterocycles. The van der Waals surface area contributed by atoms with E-state index in [9.17, 15) is 4.79 Å². The summed E-state index contributed by atoms with van der Waals surface area (Å²) in [4.78, 5) is 15.2. The molecule has 4 rings (SSSR count). The molecule has 1 aromatic heterocycles. The van der Waals surface area contributed by atoms with E-state index >= 15 is 0 Å². The van der Waals surface area contributed by atoms with Gasteiger partial charge in [-0.15, -0.1) is 10.2 Å². The van der Waals surface area contributed by atoms with E-state index in [1.807, 2.05) is 31.2 Å². The van der Waals surface area contributed by atoms with Gasteiger partial charge in [0.1, 0.15) is 5.75 Å². The number of carbonyl (C=O) groups excluding carboxylic acids is 1. The molecule has 1 aromatic carbocycles. The third-order valence-corrected chi connectivity index (χ3v) is 6.71. The predicted octanol–water partition coefficient (Wildman–Crippen LogP) is 4.22. The fourth-order valence-electron chi connectivity index (χ4n) is 3.63. The lowest BCUT2D eigenvalue weighted by Crippen LogP contribution is -2.34. The molecule has 2 aliphatic rings. The summed E-state index contributed by atoms with van der Waals surface area (Å²) in [6.07, 6.45) is 4.74. The molecular weight excluding hydrogens is 372 g/mol. The van der Waals surface area contributed by atoms with Crippen LogP contribution < -0.4 is 9.64 Å². The Balaban J connectivity index is 1.50. The van der Waals surface area contributed by atoms with Crippen LogP contribution in [0, 0.1) is 5.92 Å². The zero-order valence-electron chi connectivity index (χ0n) is 16.8. The van der Waals surface area contributed by atoms with Gasteiger partial charge >= 0.3 is 0 Å². The van der Waals surface area contributed by atoms with Gasteiger partial charge in [0.15, 0.2) is 10.9 Å². The predicted molar refractivity (Wildman–Crippen MR) is 112 cm³/mol. The molecule has 1 saturated carbocycles. The first-order valence-corrected chi connectivity index (χ1v) is 11.0. The van der Waals surface area contributed by atoms with Gasteiger partial charge in [-0.05, 0) is 62.8 Å². The Morgan fingerprint density at radius 2 is 1.82 bits per heavy atom. The van der Waals surface area contributed by atoms with E-state index in [2.05, 4.69) is 26.6 Å². The van der Waals surface area contributed by atoms with Crippen molar-refractivity contribution >= 4 is 23.5 Å². The fourth-order valence-corrected chi connectivity index (χ4v) is 4.62. The average molecular weight is 401 g/mol. The van der Waals surface area contributed by atoms with Gasteiger partial charge in [0, 0.05) is 24.7 Å². The van der Waals surface area contributed by atoms with Crippen LogP contribution in [-0.4, -0.2) is 46.0 Å². The Morgan fingerprint density at radius 3 is 2.43 bits per heavy atom. The quantitative estimate of drug-likeness (QED) is 0.512. The Kier molecular flexibility index (Phi) is 5.62. The lowest BCUT2D eigenvalue weighted by atomic mass is 10.00. The number of thioether (sulfide) groups is 1. The average Bonchev–Trinajstić information content (AvgIpc) is 3.48. The van der Waals surface area contributed by atoms with Crippen LogP contribution in [0.15, 0.2) is 29.4 Å². The number of Topliss-reactive ketones (excluding diaryl/α,β-unsaturated/α-hetero) is 1. The van der Waals surface area contributed by atoms with Crippen LogP contribution in [0.3, 0.4) is 0 Å². The minimum Gasteiger partial charge on any atom is -0.497 e. The molecule has 7 heteroatoms. The number of rotatable bonds is 7. The molecule has 0 N–H and O–H groups in total. The summed E-state index contributed by atoms with van der Waals surface area (Å²) in [5.74, 6) is 2.63. The van der Waals surface area contributed by atoms with Crippen molar-refractivity contribution in [2.75, 3.05) is 25.1 Å². The summed E-state index contributed by atoms with van der Waals surface area (Å²) in [6, 6.07) is 7.78. The maximum absolute atomic E-state index is 12.9. The number of piperidine rings is 1. The standard InChI is InChI=1S/C21H28N4O2S/c1-14-10-12-24(13-11-14)20-22-23-21(25(20)17-6-7-17)28-15(2)19(26)16-4-8-18(27-3)9-5-16/h4-5,8-9,14-15,17H,6-7,10-13H2,1-3H3. The van der Waals surface area contributed by atoms with Crippen molar-refractivity contribution in [3.05, 3.63) is 29.8 Å². The van der Waals surface area contributed by atoms with Crippen LogP contribution >= 0.6 is 11.8 Å². The van der Waals surface area contributed by atoms with E-state index in [1.165, 1.54) is 37.4 Å². The second-order valence-electron chi connectivity index (χ2n) is 7.91. The van der Waals surface area contributed by atoms with Gasteiger partial charge < -0.3 is 9.64 Å². The Morgan fingerprint density at radius 1 is 1.14 bits per heavy atom. The molecule has 0 bridgehead atoms. The number of methoxy groups -OCH3 is 1. The normalized spacial score (nSPS) is 18.9. The number of carbonyl (C=O) groups is 1. The van der Waals surface area contributed by atoms with Crippen molar-refractivity contribution < 1.29 is 9.53 Å². The molecule has 0 radical (unpaired) electrons. The SMILES string of the molecule is COc1ccc(C(=O)C(C)Sc2nnc(N3CCC(C)CC3)n2C2CC2)cc1. The van der Waals surface area contributed by atoms with E-state index < -0.39 is 0 Å². The van der Waals surface area contributed by atoms with Crippen LogP contribution in [0.5, 0.6) is 5.75 Å². The molecule has 2 fully saturated rings. The molecular formula is C21H28N4O2S. The number of aromatic nitrogens is 3. The van der Waals surface area contributed by atoms with E-state index in [4.69, 9.17) is 4.74 Å². The van der Waals surface area contributed by atoms with Gasteiger partial charge in [0.05, 0.1) is 12.4 Å². The van der Waals surface area contributed by atoms with Gasteiger partial charge in [-0.1, -0.05) is 18.7 Å². The van der Waals surface area contributed by atoms with Crippen LogP contribution in [0.1, 0.15) is 55.9 Å². The second-order valence-corrected chi connectivity index (χ2v) is 9.21. The third-order valence-electron chi connectivity index (χ3n) is 5.65. The number of ketones is 1. The summed E-state index contributed by atoms with van der Waals surface area (Å²) in [5, 5.41) is 9.65. The molecule has 6 nitrogen and oxygen atoms in total. The maximum atomic E-state index is 12.9. The Hall–Kier alpha value is -2.02. The molecule has 1 atom stereocenters. The summed E-state index contributed by atoms with van der Waals surface area (Å²) >= 11 is 1.52. The summed E-state index contributed by atoms with van der Waals surface area (Å²) in [5.41, 5.74) is 0.698. The first kappa shape index (κ1) is 19.3. The van der Waals surface area contributed by atoms with Crippen molar-refractivity contribution in [1.82, 2.24) is 14.8 Å². The van der Waals surface area contributed by atoms with Crippen molar-refractivity contribution in [2.45, 2.75) is 56.0 Å². The fraction of sp³-hybridized carbons (Fsp3) is 0.571. The monoisotopic (exact) mass is 400 g/mol.